The van der Waals surface area contributed by atoms with Crippen LogP contribution in [-0.4, -0.2) is 42.2 Å². The lowest BCUT2D eigenvalue weighted by atomic mass is 9.94. The Morgan fingerprint density at radius 1 is 1.53 bits per heavy atom. The smallest absolute Gasteiger partial charge is 0.150 e. The molecular weight excluding hydrogens is 244 g/mol. The Hall–Kier alpha value is -1.01. The zero-order chi connectivity index (χ0) is 11.8. The van der Waals surface area contributed by atoms with Crippen molar-refractivity contribution in [2.45, 2.75) is 30.4 Å². The zero-order valence-corrected chi connectivity index (χ0v) is 10.0. The van der Waals surface area contributed by atoms with E-state index in [0.717, 1.165) is 12.2 Å². The Labute approximate surface area is 104 Å². The van der Waals surface area contributed by atoms with Crippen molar-refractivity contribution in [1.82, 2.24) is 4.90 Å². The van der Waals surface area contributed by atoms with Crippen molar-refractivity contribution in [1.29, 1.82) is 0 Å². The Kier molecular flexibility index (Phi) is 2.84. The molecule has 0 aromatic carbocycles. The molecule has 0 aromatic rings. The maximum atomic E-state index is 10.9. The van der Waals surface area contributed by atoms with Gasteiger partial charge in [-0.05, 0) is 0 Å². The van der Waals surface area contributed by atoms with Crippen molar-refractivity contribution < 1.29 is 4.74 Å². The number of morpholine rings is 1. The molecule has 0 N–H and O–H groups in total. The highest BCUT2D eigenvalue weighted by atomic mass is 35.5. The Morgan fingerprint density at radius 2 is 2.41 bits per heavy atom. The summed E-state index contributed by atoms with van der Waals surface area (Å²) in [4.78, 5) is 13.2. The third kappa shape index (κ3) is 1.85. The van der Waals surface area contributed by atoms with E-state index in [-0.39, 0.29) is 11.5 Å². The van der Waals surface area contributed by atoms with Crippen molar-refractivity contribution in [3.05, 3.63) is 16.3 Å². The predicted octanol–water partition coefficient (Wildman–Crippen LogP) is 1.86. The molecule has 0 spiro atoms. The van der Waals surface area contributed by atoms with Crippen molar-refractivity contribution >= 4 is 11.6 Å². The van der Waals surface area contributed by atoms with E-state index in [1.54, 1.807) is 0 Å². The number of halogens is 1. The SMILES string of the molecule is O=NC1CC2COCCN2C2=C1N=NC(Cl)C2. The van der Waals surface area contributed by atoms with Crippen LogP contribution in [0.2, 0.25) is 0 Å². The molecule has 3 aliphatic rings. The molecule has 6 nitrogen and oxygen atoms in total. The fraction of sp³-hybridized carbons (Fsp3) is 0.800. The number of nitroso groups, excluding NO2 is 1. The lowest BCUT2D eigenvalue weighted by Gasteiger charge is -2.44. The average Bonchev–Trinajstić information content (AvgIpc) is 2.37. The molecule has 17 heavy (non-hydrogen) atoms. The van der Waals surface area contributed by atoms with E-state index in [9.17, 15) is 4.91 Å². The highest BCUT2D eigenvalue weighted by Crippen LogP contribution is 2.37. The molecular formula is C10H13ClN4O2. The van der Waals surface area contributed by atoms with Crippen LogP contribution in [0, 0.1) is 4.91 Å². The first-order chi connectivity index (χ1) is 8.29. The minimum absolute atomic E-state index is 0.224. The third-order valence-electron chi connectivity index (χ3n) is 3.46. The molecule has 3 rings (SSSR count). The number of hydrogen-bond acceptors (Lipinski definition) is 6. The molecule has 1 saturated heterocycles. The lowest BCUT2D eigenvalue weighted by Crippen LogP contribution is -2.50. The first kappa shape index (κ1) is 11.1. The van der Waals surface area contributed by atoms with Crippen molar-refractivity contribution in [2.75, 3.05) is 19.8 Å². The van der Waals surface area contributed by atoms with Gasteiger partial charge in [0.05, 0.1) is 19.3 Å². The molecule has 1 fully saturated rings. The van der Waals surface area contributed by atoms with Crippen molar-refractivity contribution in [3.8, 4) is 0 Å². The fourth-order valence-corrected chi connectivity index (χ4v) is 2.87. The van der Waals surface area contributed by atoms with E-state index in [1.165, 1.54) is 0 Å². The topological polar surface area (TPSA) is 66.6 Å². The summed E-state index contributed by atoms with van der Waals surface area (Å²) in [5.41, 5.74) is 1.40. The van der Waals surface area contributed by atoms with Crippen LogP contribution in [0.3, 0.4) is 0 Å². The number of azo groups is 1. The van der Waals surface area contributed by atoms with Gasteiger partial charge in [-0.25, -0.2) is 0 Å². The molecule has 3 unspecified atom stereocenters. The molecule has 3 atom stereocenters. The molecule has 0 saturated carbocycles. The van der Waals surface area contributed by atoms with Crippen LogP contribution in [0.4, 0.5) is 0 Å². The summed E-state index contributed by atoms with van der Waals surface area (Å²) < 4.78 is 5.44. The normalized spacial score (nSPS) is 36.5. The highest BCUT2D eigenvalue weighted by Gasteiger charge is 2.39. The fourth-order valence-electron chi connectivity index (χ4n) is 2.68. The van der Waals surface area contributed by atoms with Crippen LogP contribution >= 0.6 is 11.6 Å². The summed E-state index contributed by atoms with van der Waals surface area (Å²) >= 11 is 6.00. The average molecular weight is 257 g/mol. The molecule has 3 aliphatic heterocycles. The maximum Gasteiger partial charge on any atom is 0.150 e. The van der Waals surface area contributed by atoms with Gasteiger partial charge in [0.25, 0.3) is 0 Å². The maximum absolute atomic E-state index is 10.9. The number of rotatable bonds is 1. The molecule has 7 heteroatoms. The Balaban J connectivity index is 1.98. The number of ether oxygens (including phenoxy) is 1. The zero-order valence-electron chi connectivity index (χ0n) is 9.25. The number of nitrogens with zero attached hydrogens (tertiary/aromatic N) is 4. The summed E-state index contributed by atoms with van der Waals surface area (Å²) in [6.45, 7) is 2.18. The Morgan fingerprint density at radius 3 is 3.24 bits per heavy atom. The largest absolute Gasteiger partial charge is 0.377 e. The second-order valence-electron chi connectivity index (χ2n) is 4.47. The van der Waals surface area contributed by atoms with Crippen LogP contribution in [0.1, 0.15) is 12.8 Å². The van der Waals surface area contributed by atoms with Gasteiger partial charge in [-0.1, -0.05) is 16.8 Å². The van der Waals surface area contributed by atoms with Crippen LogP contribution in [0.25, 0.3) is 0 Å². The van der Waals surface area contributed by atoms with Gasteiger partial charge in [0, 0.05) is 25.1 Å². The molecule has 92 valence electrons. The van der Waals surface area contributed by atoms with E-state index in [2.05, 4.69) is 20.3 Å². The first-order valence-corrected chi connectivity index (χ1v) is 6.18. The van der Waals surface area contributed by atoms with Gasteiger partial charge in [-0.3, -0.25) is 0 Å². The van der Waals surface area contributed by atoms with Gasteiger partial charge < -0.3 is 9.64 Å². The summed E-state index contributed by atoms with van der Waals surface area (Å²) in [6, 6.07) is -0.178. The van der Waals surface area contributed by atoms with E-state index in [0.29, 0.717) is 31.8 Å². The van der Waals surface area contributed by atoms with Gasteiger partial charge in [-0.2, -0.15) is 15.1 Å². The molecule has 0 aliphatic carbocycles. The van der Waals surface area contributed by atoms with Gasteiger partial charge in [-0.15, -0.1) is 0 Å². The highest BCUT2D eigenvalue weighted by molar-refractivity contribution is 6.20. The second-order valence-corrected chi connectivity index (χ2v) is 4.97. The summed E-state index contributed by atoms with van der Waals surface area (Å²) in [5.74, 6) is 0. The van der Waals surface area contributed by atoms with Crippen LogP contribution in [0.15, 0.2) is 26.8 Å². The van der Waals surface area contributed by atoms with Gasteiger partial charge in [0.15, 0.2) is 0 Å². The van der Waals surface area contributed by atoms with Gasteiger partial charge >= 0.3 is 0 Å². The van der Waals surface area contributed by atoms with Crippen LogP contribution in [-0.2, 0) is 4.74 Å². The van der Waals surface area contributed by atoms with Crippen molar-refractivity contribution in [2.24, 2.45) is 15.4 Å². The molecule has 0 bridgehead atoms. The van der Waals surface area contributed by atoms with E-state index >= 15 is 0 Å². The number of hydrogen-bond donors (Lipinski definition) is 0. The second kappa shape index (κ2) is 4.34. The van der Waals surface area contributed by atoms with Gasteiger partial charge in [0.1, 0.15) is 17.2 Å². The standard InChI is InChI=1S/C10H13ClN4O2/c11-9-4-8-10(13-12-9)7(14-16)3-6-5-17-2-1-15(6)8/h6-7,9H,1-5H2. The quantitative estimate of drug-likeness (QED) is 0.409. The minimum Gasteiger partial charge on any atom is -0.377 e. The van der Waals surface area contributed by atoms with E-state index in [4.69, 9.17) is 16.3 Å². The first-order valence-electron chi connectivity index (χ1n) is 5.74. The molecule has 0 aromatic heterocycles. The Bertz CT molecular complexity index is 398. The number of fused-ring (bicyclic) bond motifs is 2. The van der Waals surface area contributed by atoms with Gasteiger partial charge in [0.2, 0.25) is 0 Å². The van der Waals surface area contributed by atoms with E-state index < -0.39 is 6.04 Å². The monoisotopic (exact) mass is 256 g/mol. The van der Waals surface area contributed by atoms with Crippen LogP contribution < -0.4 is 0 Å². The molecule has 0 radical (unpaired) electrons. The predicted molar refractivity (Wildman–Crippen MR) is 61.7 cm³/mol. The minimum atomic E-state index is -0.402. The third-order valence-corrected chi connectivity index (χ3v) is 3.70. The molecule has 3 heterocycles. The van der Waals surface area contributed by atoms with Crippen molar-refractivity contribution in [3.63, 3.8) is 0 Å². The summed E-state index contributed by atoms with van der Waals surface area (Å²) in [7, 11) is 0. The van der Waals surface area contributed by atoms with E-state index in [1.807, 2.05) is 0 Å². The summed E-state index contributed by atoms with van der Waals surface area (Å²) in [6.07, 6.45) is 1.29. The number of alkyl halides is 1. The lowest BCUT2D eigenvalue weighted by molar-refractivity contribution is -0.00320. The van der Waals surface area contributed by atoms with Crippen LogP contribution in [0.5, 0.6) is 0 Å². The summed E-state index contributed by atoms with van der Waals surface area (Å²) in [5, 5.41) is 11.2. The molecule has 0 amide bonds.